The molecule has 0 aliphatic rings. The second-order valence-corrected chi connectivity index (χ2v) is 2.36. The van der Waals surface area contributed by atoms with E-state index in [1.165, 1.54) is 0 Å². The molecule has 0 aliphatic carbocycles. The number of nitrogens with one attached hydrogen (secondary N) is 1. The topological polar surface area (TPSA) is 50.7 Å². The van der Waals surface area contributed by atoms with Crippen molar-refractivity contribution in [2.24, 2.45) is 0 Å². The highest BCUT2D eigenvalue weighted by Gasteiger charge is 1.98. The van der Waals surface area contributed by atoms with Gasteiger partial charge in [-0.25, -0.2) is 4.98 Å². The van der Waals surface area contributed by atoms with Crippen molar-refractivity contribution in [3.8, 4) is 12.3 Å². The Morgan fingerprint density at radius 2 is 2.08 bits per heavy atom. The minimum Gasteiger partial charge on any atom is -0.342 e. The van der Waals surface area contributed by atoms with Crippen LogP contribution in [-0.2, 0) is 0 Å². The van der Waals surface area contributed by atoms with Crippen molar-refractivity contribution in [3.05, 3.63) is 11.4 Å². The highest BCUT2D eigenvalue weighted by molar-refractivity contribution is 5.26. The molecule has 0 unspecified atom stereocenters. The third-order valence-corrected chi connectivity index (χ3v) is 1.44. The normalized spacial score (nSPS) is 9.08. The zero-order valence-corrected chi connectivity index (χ0v) is 7.13. The maximum absolute atomic E-state index is 5.06. The predicted molar refractivity (Wildman–Crippen MR) is 46.6 cm³/mol. The van der Waals surface area contributed by atoms with Gasteiger partial charge in [0.15, 0.2) is 0 Å². The first-order chi connectivity index (χ1) is 5.74. The van der Waals surface area contributed by atoms with Crippen LogP contribution in [0.1, 0.15) is 11.4 Å². The Kier molecular flexibility index (Phi) is 2.59. The molecule has 12 heavy (non-hydrogen) atoms. The lowest BCUT2D eigenvalue weighted by atomic mass is 10.4. The monoisotopic (exact) mass is 162 g/mol. The van der Waals surface area contributed by atoms with Crippen LogP contribution in [-0.4, -0.2) is 21.7 Å². The molecule has 1 aromatic rings. The Bertz CT molecular complexity index is 313. The third-order valence-electron chi connectivity index (χ3n) is 1.44. The standard InChI is InChI=1S/C8H10N4/c1-4-5-9-8-10-6(2)7(3)11-12-8/h1H,5H2,2-3H3,(H,9,10,12). The van der Waals surface area contributed by atoms with Crippen molar-refractivity contribution in [2.75, 3.05) is 11.9 Å². The summed E-state index contributed by atoms with van der Waals surface area (Å²) in [6, 6.07) is 0. The van der Waals surface area contributed by atoms with E-state index in [4.69, 9.17) is 6.42 Å². The van der Waals surface area contributed by atoms with Crippen molar-refractivity contribution in [3.63, 3.8) is 0 Å². The van der Waals surface area contributed by atoms with E-state index in [1.54, 1.807) is 0 Å². The third kappa shape index (κ3) is 1.92. The van der Waals surface area contributed by atoms with E-state index in [-0.39, 0.29) is 0 Å². The van der Waals surface area contributed by atoms with E-state index >= 15 is 0 Å². The van der Waals surface area contributed by atoms with E-state index in [0.717, 1.165) is 11.4 Å². The van der Waals surface area contributed by atoms with E-state index < -0.39 is 0 Å². The van der Waals surface area contributed by atoms with Crippen LogP contribution < -0.4 is 5.32 Å². The van der Waals surface area contributed by atoms with Crippen LogP contribution in [0.5, 0.6) is 0 Å². The molecule has 62 valence electrons. The highest BCUT2D eigenvalue weighted by Crippen LogP contribution is 2.00. The van der Waals surface area contributed by atoms with Gasteiger partial charge in [-0.15, -0.1) is 11.5 Å². The van der Waals surface area contributed by atoms with Gasteiger partial charge in [-0.2, -0.15) is 5.10 Å². The van der Waals surface area contributed by atoms with Gasteiger partial charge in [0.1, 0.15) is 0 Å². The fourth-order valence-corrected chi connectivity index (χ4v) is 0.662. The number of nitrogens with zero attached hydrogens (tertiary/aromatic N) is 3. The fourth-order valence-electron chi connectivity index (χ4n) is 0.662. The summed E-state index contributed by atoms with van der Waals surface area (Å²) in [5.74, 6) is 2.91. The van der Waals surface area contributed by atoms with Gasteiger partial charge in [-0.05, 0) is 13.8 Å². The molecule has 0 bridgehead atoms. The summed E-state index contributed by atoms with van der Waals surface area (Å²) in [6.07, 6.45) is 5.06. The molecular weight excluding hydrogens is 152 g/mol. The van der Waals surface area contributed by atoms with Crippen molar-refractivity contribution >= 4 is 5.95 Å². The molecule has 1 aromatic heterocycles. The fraction of sp³-hybridized carbons (Fsp3) is 0.375. The maximum Gasteiger partial charge on any atom is 0.243 e. The van der Waals surface area contributed by atoms with Gasteiger partial charge in [0.2, 0.25) is 5.95 Å². The average Bonchev–Trinajstić information content (AvgIpc) is 2.07. The Morgan fingerprint density at radius 3 is 2.67 bits per heavy atom. The molecule has 0 amide bonds. The molecule has 0 saturated carbocycles. The summed E-state index contributed by atoms with van der Waals surface area (Å²) in [7, 11) is 0. The van der Waals surface area contributed by atoms with E-state index in [9.17, 15) is 0 Å². The van der Waals surface area contributed by atoms with Gasteiger partial charge in [-0.1, -0.05) is 5.92 Å². The van der Waals surface area contributed by atoms with Crippen LogP contribution in [0.4, 0.5) is 5.95 Å². The molecule has 0 radical (unpaired) electrons. The molecule has 0 aliphatic heterocycles. The zero-order valence-electron chi connectivity index (χ0n) is 7.13. The average molecular weight is 162 g/mol. The minimum atomic E-state index is 0.421. The number of hydrogen-bond acceptors (Lipinski definition) is 4. The number of terminal acetylenes is 1. The first-order valence-corrected chi connectivity index (χ1v) is 3.59. The van der Waals surface area contributed by atoms with Crippen LogP contribution >= 0.6 is 0 Å². The van der Waals surface area contributed by atoms with E-state index in [1.807, 2.05) is 13.8 Å². The summed E-state index contributed by atoms with van der Waals surface area (Å²) >= 11 is 0. The quantitative estimate of drug-likeness (QED) is 0.644. The van der Waals surface area contributed by atoms with Crippen molar-refractivity contribution in [1.29, 1.82) is 0 Å². The number of rotatable bonds is 2. The summed E-state index contributed by atoms with van der Waals surface area (Å²) in [5, 5.41) is 10.5. The first kappa shape index (κ1) is 8.47. The highest BCUT2D eigenvalue weighted by atomic mass is 15.2. The van der Waals surface area contributed by atoms with E-state index in [2.05, 4.69) is 26.4 Å². The molecule has 0 fully saturated rings. The molecule has 4 nitrogen and oxygen atoms in total. The van der Waals surface area contributed by atoms with E-state index in [0.29, 0.717) is 12.5 Å². The molecule has 4 heteroatoms. The second-order valence-electron chi connectivity index (χ2n) is 2.36. The van der Waals surface area contributed by atoms with Crippen LogP contribution in [0, 0.1) is 26.2 Å². The Labute approximate surface area is 71.4 Å². The Morgan fingerprint density at radius 1 is 1.33 bits per heavy atom. The summed E-state index contributed by atoms with van der Waals surface area (Å²) in [6.45, 7) is 4.16. The number of hydrogen-bond donors (Lipinski definition) is 1. The number of aryl methyl sites for hydroxylation is 2. The molecule has 0 atom stereocenters. The zero-order chi connectivity index (χ0) is 8.97. The lowest BCUT2D eigenvalue weighted by molar-refractivity contribution is 0.897. The Balaban J connectivity index is 2.77. The Hall–Kier alpha value is -1.63. The van der Waals surface area contributed by atoms with Gasteiger partial charge in [0.25, 0.3) is 0 Å². The molecule has 0 aromatic carbocycles. The first-order valence-electron chi connectivity index (χ1n) is 3.59. The van der Waals surface area contributed by atoms with Crippen LogP contribution in [0.25, 0.3) is 0 Å². The summed E-state index contributed by atoms with van der Waals surface area (Å²) in [5.41, 5.74) is 1.70. The number of anilines is 1. The van der Waals surface area contributed by atoms with Crippen molar-refractivity contribution < 1.29 is 0 Å². The van der Waals surface area contributed by atoms with Crippen molar-refractivity contribution in [2.45, 2.75) is 13.8 Å². The molecule has 0 saturated heterocycles. The van der Waals surface area contributed by atoms with Crippen LogP contribution in [0.15, 0.2) is 0 Å². The SMILES string of the molecule is C#CCNc1nnc(C)c(C)n1. The van der Waals surface area contributed by atoms with Gasteiger partial charge in [0.05, 0.1) is 17.9 Å². The lowest BCUT2D eigenvalue weighted by Crippen LogP contribution is -2.06. The molecular formula is C8H10N4. The van der Waals surface area contributed by atoms with Crippen molar-refractivity contribution in [1.82, 2.24) is 15.2 Å². The summed E-state index contributed by atoms with van der Waals surface area (Å²) in [4.78, 5) is 4.13. The number of aromatic nitrogens is 3. The smallest absolute Gasteiger partial charge is 0.243 e. The van der Waals surface area contributed by atoms with Gasteiger partial charge >= 0.3 is 0 Å². The van der Waals surface area contributed by atoms with Crippen LogP contribution in [0.2, 0.25) is 0 Å². The van der Waals surface area contributed by atoms with Gasteiger partial charge in [0, 0.05) is 0 Å². The second kappa shape index (κ2) is 3.67. The molecule has 1 rings (SSSR count). The molecule has 1 heterocycles. The maximum atomic E-state index is 5.06. The summed E-state index contributed by atoms with van der Waals surface area (Å²) < 4.78 is 0. The van der Waals surface area contributed by atoms with Gasteiger partial charge < -0.3 is 5.32 Å². The van der Waals surface area contributed by atoms with Crippen LogP contribution in [0.3, 0.4) is 0 Å². The molecule has 1 N–H and O–H groups in total. The minimum absolute atomic E-state index is 0.421. The predicted octanol–water partition coefficient (Wildman–Crippen LogP) is 0.534. The molecule has 0 spiro atoms. The lowest BCUT2D eigenvalue weighted by Gasteiger charge is -2.01. The largest absolute Gasteiger partial charge is 0.342 e. The van der Waals surface area contributed by atoms with Gasteiger partial charge in [-0.3, -0.25) is 0 Å².